The average molecular weight is 396 g/mol. The minimum atomic E-state index is -0.347. The van der Waals surface area contributed by atoms with E-state index in [0.29, 0.717) is 23.1 Å². The molecule has 6 heteroatoms. The molecular formula is C23H25FN2O3. The number of ether oxygens (including phenoxy) is 1. The van der Waals surface area contributed by atoms with E-state index in [2.05, 4.69) is 16.3 Å². The number of halogens is 1. The lowest BCUT2D eigenvalue weighted by Gasteiger charge is -2.28. The monoisotopic (exact) mass is 396 g/mol. The Bertz CT molecular complexity index is 1020. The molecule has 3 aromatic rings. The number of amides is 1. The number of rotatable bonds is 6. The molecule has 0 radical (unpaired) electrons. The number of benzene rings is 2. The van der Waals surface area contributed by atoms with Crippen molar-refractivity contribution in [2.24, 2.45) is 0 Å². The highest BCUT2D eigenvalue weighted by atomic mass is 19.1. The maximum Gasteiger partial charge on any atom is 0.287 e. The molecule has 152 valence electrons. The van der Waals surface area contributed by atoms with Crippen LogP contribution in [0.4, 0.5) is 4.39 Å². The van der Waals surface area contributed by atoms with Crippen molar-refractivity contribution < 1.29 is 18.3 Å². The normalized spacial score (nSPS) is 15.6. The second kappa shape index (κ2) is 8.25. The molecule has 5 nitrogen and oxygen atoms in total. The van der Waals surface area contributed by atoms with Gasteiger partial charge < -0.3 is 14.5 Å². The number of carbonyl (C=O) groups excluding carboxylic acids is 1. The highest BCUT2D eigenvalue weighted by Crippen LogP contribution is 2.28. The summed E-state index contributed by atoms with van der Waals surface area (Å²) in [6.07, 6.45) is 2.31. The molecule has 2 aromatic carbocycles. The van der Waals surface area contributed by atoms with E-state index in [-0.39, 0.29) is 23.5 Å². The van der Waals surface area contributed by atoms with Crippen molar-refractivity contribution in [1.82, 2.24) is 10.2 Å². The van der Waals surface area contributed by atoms with E-state index in [4.69, 9.17) is 9.15 Å². The number of nitrogens with zero attached hydrogens (tertiary/aromatic N) is 1. The van der Waals surface area contributed by atoms with Crippen molar-refractivity contribution in [3.63, 3.8) is 0 Å². The molecule has 1 aromatic heterocycles. The zero-order valence-electron chi connectivity index (χ0n) is 16.7. The molecule has 4 rings (SSSR count). The van der Waals surface area contributed by atoms with Crippen LogP contribution in [0.5, 0.6) is 5.75 Å². The third kappa shape index (κ3) is 3.98. The first-order valence-electron chi connectivity index (χ1n) is 9.91. The van der Waals surface area contributed by atoms with Crippen molar-refractivity contribution in [3.05, 3.63) is 65.2 Å². The van der Waals surface area contributed by atoms with E-state index in [1.807, 2.05) is 18.2 Å². The van der Waals surface area contributed by atoms with E-state index < -0.39 is 0 Å². The molecule has 1 aliphatic heterocycles. The van der Waals surface area contributed by atoms with Crippen molar-refractivity contribution in [3.8, 4) is 5.75 Å². The smallest absolute Gasteiger partial charge is 0.287 e. The molecule has 2 heterocycles. The number of hydrogen-bond acceptors (Lipinski definition) is 4. The zero-order valence-corrected chi connectivity index (χ0v) is 16.7. The first-order valence-corrected chi connectivity index (χ1v) is 9.91. The predicted octanol–water partition coefficient (Wildman–Crippen LogP) is 4.46. The molecule has 1 atom stereocenters. The van der Waals surface area contributed by atoms with Gasteiger partial charge in [0.15, 0.2) is 5.76 Å². The van der Waals surface area contributed by atoms with E-state index in [9.17, 15) is 9.18 Å². The van der Waals surface area contributed by atoms with Crippen LogP contribution in [0.2, 0.25) is 0 Å². The fourth-order valence-electron chi connectivity index (χ4n) is 4.04. The molecule has 0 spiro atoms. The van der Waals surface area contributed by atoms with E-state index in [1.165, 1.54) is 12.1 Å². The Morgan fingerprint density at radius 3 is 2.79 bits per heavy atom. The van der Waals surface area contributed by atoms with Gasteiger partial charge in [-0.3, -0.25) is 9.69 Å². The molecule has 0 bridgehead atoms. The van der Waals surface area contributed by atoms with Gasteiger partial charge in [-0.15, -0.1) is 0 Å². The molecule has 1 unspecified atom stereocenters. The third-order valence-electron chi connectivity index (χ3n) is 5.62. The first kappa shape index (κ1) is 19.5. The van der Waals surface area contributed by atoms with Crippen LogP contribution in [0, 0.1) is 12.7 Å². The summed E-state index contributed by atoms with van der Waals surface area (Å²) in [6.45, 7) is 4.23. The number of likely N-dealkylation sites (tertiary alicyclic amines) is 1. The molecule has 29 heavy (non-hydrogen) atoms. The standard InChI is InChI=1S/C23H25FN2O3/c1-15-19-13-17(24)8-9-21(19)29-22(15)23(27)25-14-20(26-10-3-4-11-26)16-6-5-7-18(12-16)28-2/h5-9,12-13,20H,3-4,10-11,14H2,1-2H3,(H,25,27). The number of methoxy groups -OCH3 is 1. The Morgan fingerprint density at radius 2 is 2.03 bits per heavy atom. The fourth-order valence-corrected chi connectivity index (χ4v) is 4.04. The van der Waals surface area contributed by atoms with Gasteiger partial charge in [0.2, 0.25) is 0 Å². The maximum absolute atomic E-state index is 13.5. The van der Waals surface area contributed by atoms with Crippen LogP contribution in [0.25, 0.3) is 11.0 Å². The van der Waals surface area contributed by atoms with Gasteiger partial charge in [-0.2, -0.15) is 0 Å². The van der Waals surface area contributed by atoms with Crippen LogP contribution in [-0.2, 0) is 0 Å². The molecule has 1 fully saturated rings. The number of nitrogens with one attached hydrogen (secondary N) is 1. The Balaban J connectivity index is 1.55. The van der Waals surface area contributed by atoms with Gasteiger partial charge in [0.05, 0.1) is 13.2 Å². The van der Waals surface area contributed by atoms with Crippen molar-refractivity contribution in [2.45, 2.75) is 25.8 Å². The number of fused-ring (bicyclic) bond motifs is 1. The molecule has 1 amide bonds. The Hall–Kier alpha value is -2.86. The molecule has 1 N–H and O–H groups in total. The van der Waals surface area contributed by atoms with Crippen LogP contribution >= 0.6 is 0 Å². The highest BCUT2D eigenvalue weighted by Gasteiger charge is 2.26. The minimum absolute atomic E-state index is 0.0543. The summed E-state index contributed by atoms with van der Waals surface area (Å²) in [7, 11) is 1.65. The number of hydrogen-bond donors (Lipinski definition) is 1. The van der Waals surface area contributed by atoms with Crippen molar-refractivity contribution in [1.29, 1.82) is 0 Å². The van der Waals surface area contributed by atoms with Crippen LogP contribution in [-0.4, -0.2) is 37.6 Å². The van der Waals surface area contributed by atoms with Gasteiger partial charge in [-0.25, -0.2) is 4.39 Å². The van der Waals surface area contributed by atoms with Gasteiger partial charge in [-0.1, -0.05) is 12.1 Å². The summed E-state index contributed by atoms with van der Waals surface area (Å²) >= 11 is 0. The van der Waals surface area contributed by atoms with Crippen LogP contribution < -0.4 is 10.1 Å². The molecule has 0 saturated carbocycles. The second-order valence-electron chi connectivity index (χ2n) is 7.44. The van der Waals surface area contributed by atoms with Gasteiger partial charge in [0, 0.05) is 17.5 Å². The summed E-state index contributed by atoms with van der Waals surface area (Å²) < 4.78 is 24.6. The molecule has 0 aliphatic carbocycles. The Labute approximate surface area is 169 Å². The van der Waals surface area contributed by atoms with Gasteiger partial charge in [-0.05, 0) is 68.8 Å². The zero-order chi connectivity index (χ0) is 20.4. The van der Waals surface area contributed by atoms with Crippen LogP contribution in [0.15, 0.2) is 46.9 Å². The van der Waals surface area contributed by atoms with Gasteiger partial charge in [0.1, 0.15) is 17.1 Å². The van der Waals surface area contributed by atoms with Crippen LogP contribution in [0.1, 0.15) is 40.6 Å². The fraction of sp³-hybridized carbons (Fsp3) is 0.348. The Morgan fingerprint density at radius 1 is 1.24 bits per heavy atom. The highest BCUT2D eigenvalue weighted by molar-refractivity contribution is 5.98. The van der Waals surface area contributed by atoms with Gasteiger partial charge >= 0.3 is 0 Å². The first-order chi connectivity index (χ1) is 14.1. The quantitative estimate of drug-likeness (QED) is 0.669. The third-order valence-corrected chi connectivity index (χ3v) is 5.62. The number of carbonyl (C=O) groups is 1. The number of aryl methyl sites for hydroxylation is 1. The summed E-state index contributed by atoms with van der Waals surface area (Å²) in [5.74, 6) is 0.399. The SMILES string of the molecule is COc1cccc(C(CNC(=O)c2oc3ccc(F)cc3c2C)N2CCCC2)c1. The minimum Gasteiger partial charge on any atom is -0.497 e. The van der Waals surface area contributed by atoms with Crippen molar-refractivity contribution in [2.75, 3.05) is 26.7 Å². The lowest BCUT2D eigenvalue weighted by molar-refractivity contribution is 0.0911. The molecule has 1 saturated heterocycles. The van der Waals surface area contributed by atoms with E-state index in [1.54, 1.807) is 20.1 Å². The van der Waals surface area contributed by atoms with Crippen molar-refractivity contribution >= 4 is 16.9 Å². The topological polar surface area (TPSA) is 54.7 Å². The van der Waals surface area contributed by atoms with Crippen LogP contribution in [0.3, 0.4) is 0 Å². The van der Waals surface area contributed by atoms with E-state index in [0.717, 1.165) is 37.2 Å². The molecule has 1 aliphatic rings. The second-order valence-corrected chi connectivity index (χ2v) is 7.44. The number of furan rings is 1. The summed E-state index contributed by atoms with van der Waals surface area (Å²) in [5.41, 5.74) is 2.27. The Kier molecular flexibility index (Phi) is 5.53. The van der Waals surface area contributed by atoms with E-state index >= 15 is 0 Å². The summed E-state index contributed by atoms with van der Waals surface area (Å²) in [5, 5.41) is 3.64. The maximum atomic E-state index is 13.5. The van der Waals surface area contributed by atoms with Gasteiger partial charge in [0.25, 0.3) is 5.91 Å². The average Bonchev–Trinajstić information content (AvgIpc) is 3.37. The lowest BCUT2D eigenvalue weighted by atomic mass is 10.0. The largest absolute Gasteiger partial charge is 0.497 e. The lowest BCUT2D eigenvalue weighted by Crippen LogP contribution is -2.36. The predicted molar refractivity (Wildman–Crippen MR) is 110 cm³/mol. The summed E-state index contributed by atoms with van der Waals surface area (Å²) in [4.78, 5) is 15.2. The molecular weight excluding hydrogens is 371 g/mol. The summed E-state index contributed by atoms with van der Waals surface area (Å²) in [6, 6.07) is 12.3.